The van der Waals surface area contributed by atoms with E-state index in [1.165, 1.54) is 10.5 Å². The van der Waals surface area contributed by atoms with Crippen LogP contribution < -0.4 is 0 Å². The number of para-hydroxylation sites is 1. The second kappa shape index (κ2) is 4.87. The van der Waals surface area contributed by atoms with Gasteiger partial charge in [-0.05, 0) is 61.3 Å². The summed E-state index contributed by atoms with van der Waals surface area (Å²) in [5.74, 6) is 0. The van der Waals surface area contributed by atoms with E-state index in [0.29, 0.717) is 0 Å². The lowest BCUT2D eigenvalue weighted by Crippen LogP contribution is -1.93. The van der Waals surface area contributed by atoms with Crippen LogP contribution in [0.4, 0.5) is 0 Å². The minimum Gasteiger partial charge on any atom is -0.330 e. The van der Waals surface area contributed by atoms with E-state index >= 15 is 0 Å². The quantitative estimate of drug-likeness (QED) is 0.543. The number of fused-ring (bicyclic) bond motifs is 1. The van der Waals surface area contributed by atoms with Crippen LogP contribution in [0.15, 0.2) is 47.4 Å². The van der Waals surface area contributed by atoms with Crippen molar-refractivity contribution in [1.82, 2.24) is 9.55 Å². The average molecular weight is 286 g/mol. The first kappa shape index (κ1) is 12.5. The lowest BCUT2D eigenvalue weighted by molar-refractivity contribution is 1.06. The Morgan fingerprint density at radius 3 is 2.53 bits per heavy atom. The number of nitrogens with one attached hydrogen (secondary N) is 1. The summed E-state index contributed by atoms with van der Waals surface area (Å²) in [5.41, 5.74) is 4.55. The smallest absolute Gasteiger partial charge is 0.182 e. The molecule has 0 fully saturated rings. The molecule has 0 aliphatic heterocycles. The number of nitrogens with zero attached hydrogens (tertiary/aromatic N) is 1. The second-order valence-corrected chi connectivity index (χ2v) is 5.70. The van der Waals surface area contributed by atoms with Gasteiger partial charge in [-0.15, -0.1) is 11.8 Å². The van der Waals surface area contributed by atoms with Crippen molar-refractivity contribution in [2.45, 2.75) is 11.8 Å². The maximum absolute atomic E-state index is 5.46. The van der Waals surface area contributed by atoms with Crippen LogP contribution in [0.5, 0.6) is 0 Å². The van der Waals surface area contributed by atoms with Gasteiger partial charge in [0.2, 0.25) is 0 Å². The first-order valence-corrected chi connectivity index (χ1v) is 7.69. The van der Waals surface area contributed by atoms with Gasteiger partial charge >= 0.3 is 0 Å². The van der Waals surface area contributed by atoms with Gasteiger partial charge in [-0.3, -0.25) is 4.57 Å². The first-order valence-electron chi connectivity index (χ1n) is 6.05. The lowest BCUT2D eigenvalue weighted by Gasteiger charge is -2.05. The minimum absolute atomic E-state index is 0.737. The molecule has 0 atom stereocenters. The molecule has 96 valence electrons. The lowest BCUT2D eigenvalue weighted by atomic mass is 10.2. The van der Waals surface area contributed by atoms with Gasteiger partial charge in [0.25, 0.3) is 0 Å². The predicted molar refractivity (Wildman–Crippen MR) is 85.0 cm³/mol. The van der Waals surface area contributed by atoms with Crippen molar-refractivity contribution in [2.75, 3.05) is 6.26 Å². The molecule has 19 heavy (non-hydrogen) atoms. The Morgan fingerprint density at radius 2 is 1.84 bits per heavy atom. The Hall–Kier alpha value is -1.52. The van der Waals surface area contributed by atoms with Crippen molar-refractivity contribution < 1.29 is 0 Å². The average Bonchev–Trinajstić information content (AvgIpc) is 2.77. The van der Waals surface area contributed by atoms with Crippen LogP contribution in [0, 0.1) is 11.7 Å². The monoisotopic (exact) mass is 286 g/mol. The third-order valence-corrected chi connectivity index (χ3v) is 4.29. The molecule has 0 aliphatic rings. The Balaban J connectivity index is 2.27. The molecule has 0 saturated heterocycles. The third-order valence-electron chi connectivity index (χ3n) is 3.26. The van der Waals surface area contributed by atoms with Crippen LogP contribution >= 0.6 is 24.0 Å². The molecule has 2 aromatic carbocycles. The van der Waals surface area contributed by atoms with Gasteiger partial charge in [0.15, 0.2) is 4.77 Å². The largest absolute Gasteiger partial charge is 0.330 e. The highest BCUT2D eigenvalue weighted by atomic mass is 32.2. The van der Waals surface area contributed by atoms with Crippen molar-refractivity contribution in [3.05, 3.63) is 52.8 Å². The molecular formula is C15H14N2S2. The van der Waals surface area contributed by atoms with Gasteiger partial charge in [-0.2, -0.15) is 0 Å². The zero-order valence-corrected chi connectivity index (χ0v) is 12.4. The van der Waals surface area contributed by atoms with Crippen molar-refractivity contribution in [3.8, 4) is 5.69 Å². The van der Waals surface area contributed by atoms with Gasteiger partial charge < -0.3 is 4.98 Å². The maximum Gasteiger partial charge on any atom is 0.182 e. The molecule has 3 aromatic rings. The molecule has 0 spiro atoms. The Morgan fingerprint density at radius 1 is 1.11 bits per heavy atom. The molecule has 0 saturated carbocycles. The van der Waals surface area contributed by atoms with Crippen LogP contribution in [0.25, 0.3) is 16.7 Å². The van der Waals surface area contributed by atoms with Gasteiger partial charge in [-0.1, -0.05) is 12.1 Å². The van der Waals surface area contributed by atoms with Gasteiger partial charge in [0, 0.05) is 10.6 Å². The highest BCUT2D eigenvalue weighted by Crippen LogP contribution is 2.23. The molecule has 2 nitrogen and oxygen atoms in total. The number of thioether (sulfide) groups is 1. The van der Waals surface area contributed by atoms with Crippen molar-refractivity contribution in [3.63, 3.8) is 0 Å². The molecule has 1 heterocycles. The molecule has 4 heteroatoms. The van der Waals surface area contributed by atoms with Crippen LogP contribution in [-0.4, -0.2) is 15.8 Å². The van der Waals surface area contributed by atoms with E-state index in [1.807, 2.05) is 0 Å². The highest BCUT2D eigenvalue weighted by Gasteiger charge is 2.07. The van der Waals surface area contributed by atoms with Gasteiger partial charge in [0.05, 0.1) is 11.0 Å². The fourth-order valence-electron chi connectivity index (χ4n) is 2.26. The molecule has 0 aliphatic carbocycles. The molecule has 0 amide bonds. The van der Waals surface area contributed by atoms with E-state index in [4.69, 9.17) is 12.2 Å². The number of rotatable bonds is 2. The molecule has 3 rings (SSSR count). The normalized spacial score (nSPS) is 11.1. The predicted octanol–water partition coefficient (Wildman–Crippen LogP) is 4.72. The van der Waals surface area contributed by atoms with E-state index in [0.717, 1.165) is 21.5 Å². The molecule has 0 bridgehead atoms. The van der Waals surface area contributed by atoms with Crippen LogP contribution in [0.2, 0.25) is 0 Å². The maximum atomic E-state index is 5.46. The van der Waals surface area contributed by atoms with E-state index in [-0.39, 0.29) is 0 Å². The van der Waals surface area contributed by atoms with E-state index in [2.05, 4.69) is 65.2 Å². The summed E-state index contributed by atoms with van der Waals surface area (Å²) in [7, 11) is 0. The molecule has 0 unspecified atom stereocenters. The summed E-state index contributed by atoms with van der Waals surface area (Å²) in [4.78, 5) is 4.55. The van der Waals surface area contributed by atoms with E-state index in [9.17, 15) is 0 Å². The summed E-state index contributed by atoms with van der Waals surface area (Å²) in [6, 6.07) is 14.7. The fraction of sp³-hybridized carbons (Fsp3) is 0.133. The van der Waals surface area contributed by atoms with Gasteiger partial charge in [-0.25, -0.2) is 0 Å². The Labute approximate surface area is 121 Å². The summed E-state index contributed by atoms with van der Waals surface area (Å²) in [5, 5.41) is 0. The number of aromatic amines is 1. The van der Waals surface area contributed by atoms with E-state index in [1.54, 1.807) is 11.8 Å². The number of benzene rings is 2. The zero-order valence-electron chi connectivity index (χ0n) is 10.8. The van der Waals surface area contributed by atoms with Crippen molar-refractivity contribution in [1.29, 1.82) is 0 Å². The molecule has 1 N–H and O–H groups in total. The van der Waals surface area contributed by atoms with Gasteiger partial charge in [0.1, 0.15) is 0 Å². The summed E-state index contributed by atoms with van der Waals surface area (Å²) >= 11 is 7.20. The molecule has 1 aromatic heterocycles. The Kier molecular flexibility index (Phi) is 3.21. The number of aryl methyl sites for hydroxylation is 1. The van der Waals surface area contributed by atoms with Crippen LogP contribution in [0.3, 0.4) is 0 Å². The SMILES string of the molecule is CSc1ccc(-n2c(=S)[nH]c3c(C)cccc32)cc1. The summed E-state index contributed by atoms with van der Waals surface area (Å²) < 4.78 is 2.82. The number of hydrogen-bond acceptors (Lipinski definition) is 2. The van der Waals surface area contributed by atoms with Crippen LogP contribution in [-0.2, 0) is 0 Å². The third kappa shape index (κ3) is 2.11. The number of hydrogen-bond donors (Lipinski definition) is 1. The zero-order chi connectivity index (χ0) is 13.4. The highest BCUT2D eigenvalue weighted by molar-refractivity contribution is 7.98. The summed E-state index contributed by atoms with van der Waals surface area (Å²) in [6.45, 7) is 2.09. The second-order valence-electron chi connectivity index (χ2n) is 4.43. The number of aromatic nitrogens is 2. The topological polar surface area (TPSA) is 20.7 Å². The minimum atomic E-state index is 0.737. The number of H-pyrrole nitrogens is 1. The molecule has 0 radical (unpaired) electrons. The summed E-state index contributed by atoms with van der Waals surface area (Å²) in [6.07, 6.45) is 2.08. The Bertz CT molecular complexity index is 782. The fourth-order valence-corrected chi connectivity index (χ4v) is 2.98. The van der Waals surface area contributed by atoms with E-state index < -0.39 is 0 Å². The molecular weight excluding hydrogens is 272 g/mol. The van der Waals surface area contributed by atoms with Crippen molar-refractivity contribution in [2.24, 2.45) is 0 Å². The first-order chi connectivity index (χ1) is 9.20. The standard InChI is InChI=1S/C15H14N2S2/c1-10-4-3-5-13-14(10)16-15(18)17(13)11-6-8-12(19-2)9-7-11/h3-9H,1-2H3,(H,16,18). The van der Waals surface area contributed by atoms with Crippen molar-refractivity contribution >= 4 is 35.0 Å². The van der Waals surface area contributed by atoms with Crippen LogP contribution in [0.1, 0.15) is 5.56 Å². The number of imidazole rings is 1.